The second kappa shape index (κ2) is 8.92. The standard InChI is InChI=1S/C19H20F2N2O2/c1-2-14(13-7-4-3-5-8-13)18(24)22-11-12-23-19(25)17-15(20)9-6-10-16(17)21/h3-10,14H,2,11-12H2,1H3,(H,22,24)(H,23,25). The zero-order chi connectivity index (χ0) is 18.2. The van der Waals surface area contributed by atoms with Gasteiger partial charge in [0.15, 0.2) is 0 Å². The summed E-state index contributed by atoms with van der Waals surface area (Å²) in [6, 6.07) is 12.6. The predicted molar refractivity (Wildman–Crippen MR) is 91.2 cm³/mol. The maximum atomic E-state index is 13.5. The van der Waals surface area contributed by atoms with E-state index in [9.17, 15) is 18.4 Å². The molecule has 0 aliphatic heterocycles. The van der Waals surface area contributed by atoms with Gasteiger partial charge in [0.25, 0.3) is 5.91 Å². The monoisotopic (exact) mass is 346 g/mol. The van der Waals surface area contributed by atoms with Crippen molar-refractivity contribution in [2.75, 3.05) is 13.1 Å². The number of hydrogen-bond acceptors (Lipinski definition) is 2. The Morgan fingerprint density at radius 1 is 0.920 bits per heavy atom. The summed E-state index contributed by atoms with van der Waals surface area (Å²) >= 11 is 0. The maximum absolute atomic E-state index is 13.5. The predicted octanol–water partition coefficient (Wildman–Crippen LogP) is 3.00. The summed E-state index contributed by atoms with van der Waals surface area (Å²) in [6.07, 6.45) is 0.642. The van der Waals surface area contributed by atoms with E-state index in [2.05, 4.69) is 10.6 Å². The van der Waals surface area contributed by atoms with Crippen LogP contribution in [0.3, 0.4) is 0 Å². The third kappa shape index (κ3) is 4.86. The molecule has 25 heavy (non-hydrogen) atoms. The summed E-state index contributed by atoms with van der Waals surface area (Å²) in [5.41, 5.74) is 0.296. The molecular formula is C19H20F2N2O2. The largest absolute Gasteiger partial charge is 0.354 e. The van der Waals surface area contributed by atoms with E-state index in [4.69, 9.17) is 0 Å². The molecule has 0 spiro atoms. The Kier molecular flexibility index (Phi) is 6.62. The van der Waals surface area contributed by atoms with Crippen molar-refractivity contribution >= 4 is 11.8 Å². The molecule has 2 rings (SSSR count). The Balaban J connectivity index is 1.84. The lowest BCUT2D eigenvalue weighted by atomic mass is 9.96. The van der Waals surface area contributed by atoms with Gasteiger partial charge in [-0.1, -0.05) is 43.3 Å². The zero-order valence-corrected chi connectivity index (χ0v) is 13.9. The van der Waals surface area contributed by atoms with Gasteiger partial charge in [-0.25, -0.2) is 8.78 Å². The van der Waals surface area contributed by atoms with Gasteiger partial charge < -0.3 is 10.6 Å². The fourth-order valence-electron chi connectivity index (χ4n) is 2.55. The summed E-state index contributed by atoms with van der Waals surface area (Å²) in [5, 5.41) is 5.13. The summed E-state index contributed by atoms with van der Waals surface area (Å²) in [4.78, 5) is 24.1. The molecule has 0 aromatic heterocycles. The summed E-state index contributed by atoms with van der Waals surface area (Å²) in [7, 11) is 0. The molecular weight excluding hydrogens is 326 g/mol. The van der Waals surface area contributed by atoms with Crippen molar-refractivity contribution in [3.8, 4) is 0 Å². The summed E-state index contributed by atoms with van der Waals surface area (Å²) in [5.74, 6) is -3.12. The minimum atomic E-state index is -0.920. The van der Waals surface area contributed by atoms with E-state index in [1.54, 1.807) is 0 Å². The minimum Gasteiger partial charge on any atom is -0.354 e. The minimum absolute atomic E-state index is 0.0730. The Morgan fingerprint density at radius 3 is 2.12 bits per heavy atom. The molecule has 0 fully saturated rings. The lowest BCUT2D eigenvalue weighted by molar-refractivity contribution is -0.122. The molecule has 2 N–H and O–H groups in total. The van der Waals surface area contributed by atoms with Crippen LogP contribution < -0.4 is 10.6 Å². The first-order valence-electron chi connectivity index (χ1n) is 8.09. The topological polar surface area (TPSA) is 58.2 Å². The number of carbonyl (C=O) groups excluding carboxylic acids is 2. The van der Waals surface area contributed by atoms with Crippen LogP contribution in [0.4, 0.5) is 8.78 Å². The van der Waals surface area contributed by atoms with Crippen LogP contribution >= 0.6 is 0 Å². The van der Waals surface area contributed by atoms with Crippen molar-refractivity contribution in [3.63, 3.8) is 0 Å². The molecule has 0 aliphatic rings. The molecule has 0 bridgehead atoms. The Hall–Kier alpha value is -2.76. The number of carbonyl (C=O) groups is 2. The van der Waals surface area contributed by atoms with Gasteiger partial charge in [-0.3, -0.25) is 9.59 Å². The van der Waals surface area contributed by atoms with E-state index in [0.29, 0.717) is 6.42 Å². The molecule has 4 nitrogen and oxygen atoms in total. The van der Waals surface area contributed by atoms with Gasteiger partial charge in [0, 0.05) is 13.1 Å². The van der Waals surface area contributed by atoms with Crippen molar-refractivity contribution < 1.29 is 18.4 Å². The number of amides is 2. The molecule has 1 atom stereocenters. The fourth-order valence-corrected chi connectivity index (χ4v) is 2.55. The third-order valence-corrected chi connectivity index (χ3v) is 3.83. The van der Waals surface area contributed by atoms with Crippen molar-refractivity contribution in [2.45, 2.75) is 19.3 Å². The molecule has 1 unspecified atom stereocenters. The highest BCUT2D eigenvalue weighted by atomic mass is 19.1. The summed E-state index contributed by atoms with van der Waals surface area (Å²) < 4.78 is 27.0. The highest BCUT2D eigenvalue weighted by molar-refractivity contribution is 5.94. The number of nitrogens with one attached hydrogen (secondary N) is 2. The van der Waals surface area contributed by atoms with E-state index < -0.39 is 23.1 Å². The molecule has 0 aliphatic carbocycles. The van der Waals surface area contributed by atoms with Gasteiger partial charge in [0.05, 0.1) is 5.92 Å². The molecule has 0 saturated carbocycles. The second-order valence-electron chi connectivity index (χ2n) is 5.52. The first kappa shape index (κ1) is 18.6. The van der Waals surface area contributed by atoms with Crippen LogP contribution in [0.1, 0.15) is 35.2 Å². The van der Waals surface area contributed by atoms with Crippen LogP contribution in [-0.4, -0.2) is 24.9 Å². The average molecular weight is 346 g/mol. The molecule has 0 saturated heterocycles. The molecule has 0 radical (unpaired) electrons. The van der Waals surface area contributed by atoms with E-state index in [1.807, 2.05) is 37.3 Å². The number of rotatable bonds is 7. The zero-order valence-electron chi connectivity index (χ0n) is 13.9. The second-order valence-corrected chi connectivity index (χ2v) is 5.52. The Bertz CT molecular complexity index is 715. The molecule has 2 amide bonds. The van der Waals surface area contributed by atoms with Gasteiger partial charge in [0.1, 0.15) is 17.2 Å². The quantitative estimate of drug-likeness (QED) is 0.757. The lowest BCUT2D eigenvalue weighted by Crippen LogP contribution is -2.37. The Morgan fingerprint density at radius 2 is 1.52 bits per heavy atom. The van der Waals surface area contributed by atoms with Crippen LogP contribution in [0.5, 0.6) is 0 Å². The SMILES string of the molecule is CCC(C(=O)NCCNC(=O)c1c(F)cccc1F)c1ccccc1. The van der Waals surface area contributed by atoms with Gasteiger partial charge in [-0.05, 0) is 24.1 Å². The van der Waals surface area contributed by atoms with Gasteiger partial charge >= 0.3 is 0 Å². The van der Waals surface area contributed by atoms with Crippen LogP contribution in [0.15, 0.2) is 48.5 Å². The lowest BCUT2D eigenvalue weighted by Gasteiger charge is -2.15. The smallest absolute Gasteiger partial charge is 0.257 e. The normalized spacial score (nSPS) is 11.6. The van der Waals surface area contributed by atoms with Crippen LogP contribution in [0.25, 0.3) is 0 Å². The number of hydrogen-bond donors (Lipinski definition) is 2. The molecule has 6 heteroatoms. The van der Waals surface area contributed by atoms with Crippen molar-refractivity contribution in [1.82, 2.24) is 10.6 Å². The van der Waals surface area contributed by atoms with E-state index in [0.717, 1.165) is 17.7 Å². The molecule has 0 heterocycles. The number of halogens is 2. The maximum Gasteiger partial charge on any atom is 0.257 e. The molecule has 2 aromatic carbocycles. The van der Waals surface area contributed by atoms with Gasteiger partial charge in [-0.15, -0.1) is 0 Å². The van der Waals surface area contributed by atoms with E-state index >= 15 is 0 Å². The van der Waals surface area contributed by atoms with Crippen LogP contribution in [-0.2, 0) is 4.79 Å². The van der Waals surface area contributed by atoms with Crippen molar-refractivity contribution in [2.24, 2.45) is 0 Å². The summed E-state index contributed by atoms with van der Waals surface area (Å²) in [6.45, 7) is 2.16. The highest BCUT2D eigenvalue weighted by Crippen LogP contribution is 2.19. The fraction of sp³-hybridized carbons (Fsp3) is 0.263. The van der Waals surface area contributed by atoms with E-state index in [-0.39, 0.29) is 24.9 Å². The Labute approximate surface area is 145 Å². The average Bonchev–Trinajstić information content (AvgIpc) is 2.60. The first-order valence-corrected chi connectivity index (χ1v) is 8.09. The van der Waals surface area contributed by atoms with E-state index in [1.165, 1.54) is 6.07 Å². The molecule has 2 aromatic rings. The number of benzene rings is 2. The van der Waals surface area contributed by atoms with Gasteiger partial charge in [-0.2, -0.15) is 0 Å². The third-order valence-electron chi connectivity index (χ3n) is 3.83. The van der Waals surface area contributed by atoms with Gasteiger partial charge in [0.2, 0.25) is 5.91 Å². The highest BCUT2D eigenvalue weighted by Gasteiger charge is 2.19. The van der Waals surface area contributed by atoms with Crippen LogP contribution in [0.2, 0.25) is 0 Å². The van der Waals surface area contributed by atoms with Crippen LogP contribution in [0, 0.1) is 11.6 Å². The van der Waals surface area contributed by atoms with Crippen molar-refractivity contribution in [1.29, 1.82) is 0 Å². The van der Waals surface area contributed by atoms with Crippen molar-refractivity contribution in [3.05, 3.63) is 71.3 Å². The molecule has 132 valence electrons. The first-order chi connectivity index (χ1) is 12.0.